The second-order valence-corrected chi connectivity index (χ2v) is 13.1. The van der Waals surface area contributed by atoms with E-state index < -0.39 is 17.9 Å². The van der Waals surface area contributed by atoms with Crippen LogP contribution < -0.4 is 15.5 Å². The minimum absolute atomic E-state index is 0.158. The van der Waals surface area contributed by atoms with Crippen molar-refractivity contribution in [2.45, 2.75) is 58.4 Å². The first-order valence-electron chi connectivity index (χ1n) is 15.4. The molecule has 1 aromatic heterocycles. The maximum Gasteiger partial charge on any atom is 0.305 e. The number of carboxylic acid groups (broad SMARTS) is 1. The quantitative estimate of drug-likeness (QED) is 0.327. The largest absolute Gasteiger partial charge is 0.481 e. The van der Waals surface area contributed by atoms with E-state index >= 15 is 0 Å². The summed E-state index contributed by atoms with van der Waals surface area (Å²) in [4.78, 5) is 55.5. The molecular weight excluding hydrogens is 572 g/mol. The molecule has 2 aromatic carbocycles. The number of amides is 3. The summed E-state index contributed by atoms with van der Waals surface area (Å²) >= 11 is 0. The molecule has 1 aliphatic heterocycles. The lowest BCUT2D eigenvalue weighted by molar-refractivity contribution is -0.137. The topological polar surface area (TPSA) is 137 Å². The van der Waals surface area contributed by atoms with Gasteiger partial charge in [0, 0.05) is 50.1 Å². The molecular formula is C34H42N6O5. The Morgan fingerprint density at radius 3 is 2.20 bits per heavy atom. The van der Waals surface area contributed by atoms with Gasteiger partial charge in [-0.1, -0.05) is 50.6 Å². The van der Waals surface area contributed by atoms with Crippen LogP contribution in [0.25, 0.3) is 0 Å². The molecule has 5 rings (SSSR count). The zero-order valence-electron chi connectivity index (χ0n) is 26.6. The van der Waals surface area contributed by atoms with Gasteiger partial charge in [-0.15, -0.1) is 0 Å². The van der Waals surface area contributed by atoms with Crippen molar-refractivity contribution < 1.29 is 24.3 Å². The number of aryl methyl sites for hydroxylation is 2. The highest BCUT2D eigenvalue weighted by molar-refractivity contribution is 6.06. The third-order valence-electron chi connectivity index (χ3n) is 8.41. The Morgan fingerprint density at radius 2 is 1.62 bits per heavy atom. The predicted octanol–water partition coefficient (Wildman–Crippen LogP) is 4.28. The molecule has 11 heteroatoms. The van der Waals surface area contributed by atoms with Crippen LogP contribution in [0.15, 0.2) is 48.5 Å². The number of aliphatic carboxylic acids is 1. The van der Waals surface area contributed by atoms with Gasteiger partial charge in [0.15, 0.2) is 0 Å². The fourth-order valence-corrected chi connectivity index (χ4v) is 5.51. The molecule has 1 atom stereocenters. The number of aromatic nitrogens is 2. The summed E-state index contributed by atoms with van der Waals surface area (Å²) in [7, 11) is 1.72. The molecule has 1 saturated carbocycles. The summed E-state index contributed by atoms with van der Waals surface area (Å²) in [6.45, 7) is 10.3. The van der Waals surface area contributed by atoms with E-state index in [4.69, 9.17) is 0 Å². The zero-order chi connectivity index (χ0) is 32.5. The van der Waals surface area contributed by atoms with Crippen molar-refractivity contribution in [3.8, 4) is 0 Å². The molecule has 0 spiro atoms. The normalized spacial score (nSPS) is 15.8. The van der Waals surface area contributed by atoms with Gasteiger partial charge in [-0.05, 0) is 49.6 Å². The zero-order valence-corrected chi connectivity index (χ0v) is 26.6. The lowest BCUT2D eigenvalue weighted by Gasteiger charge is -2.37. The maximum atomic E-state index is 13.6. The van der Waals surface area contributed by atoms with E-state index in [1.165, 1.54) is 0 Å². The van der Waals surface area contributed by atoms with Crippen molar-refractivity contribution in [3.63, 3.8) is 0 Å². The SMILES string of the molecule is Cc1ccc(C(CC(=O)O)NC(=O)c2ccc(N3CCN(C(=O)C4CC4)CC3)c(NC(=O)c3cc(C(C)(C)C)nn3C)c2)cc1. The van der Waals surface area contributed by atoms with Gasteiger partial charge in [-0.3, -0.25) is 23.9 Å². The maximum absolute atomic E-state index is 13.6. The third-order valence-corrected chi connectivity index (χ3v) is 8.41. The first kappa shape index (κ1) is 31.7. The number of nitrogens with one attached hydrogen (secondary N) is 2. The van der Waals surface area contributed by atoms with Crippen molar-refractivity contribution in [2.75, 3.05) is 36.4 Å². The summed E-state index contributed by atoms with van der Waals surface area (Å²) < 4.78 is 1.55. The highest BCUT2D eigenvalue weighted by Crippen LogP contribution is 2.33. The average molecular weight is 615 g/mol. The molecule has 1 unspecified atom stereocenters. The van der Waals surface area contributed by atoms with Crippen LogP contribution in [0.2, 0.25) is 0 Å². The van der Waals surface area contributed by atoms with Crippen LogP contribution in [0, 0.1) is 12.8 Å². The van der Waals surface area contributed by atoms with Crippen LogP contribution in [0.3, 0.4) is 0 Å². The van der Waals surface area contributed by atoms with Gasteiger partial charge in [0.25, 0.3) is 11.8 Å². The summed E-state index contributed by atoms with van der Waals surface area (Å²) in [5.41, 5.74) is 4.07. The van der Waals surface area contributed by atoms with Gasteiger partial charge in [-0.2, -0.15) is 5.10 Å². The van der Waals surface area contributed by atoms with Gasteiger partial charge in [0.05, 0.1) is 29.5 Å². The highest BCUT2D eigenvalue weighted by Gasteiger charge is 2.35. The number of hydrogen-bond donors (Lipinski definition) is 3. The fraction of sp³-hybridized carbons (Fsp3) is 0.441. The minimum atomic E-state index is -1.03. The number of carboxylic acids is 1. The monoisotopic (exact) mass is 614 g/mol. The second-order valence-electron chi connectivity index (χ2n) is 13.1. The van der Waals surface area contributed by atoms with Crippen molar-refractivity contribution in [1.29, 1.82) is 0 Å². The van der Waals surface area contributed by atoms with Gasteiger partial charge in [0.1, 0.15) is 5.69 Å². The Kier molecular flexibility index (Phi) is 8.99. The summed E-state index contributed by atoms with van der Waals surface area (Å²) in [5, 5.41) is 20.0. The van der Waals surface area contributed by atoms with Crippen LogP contribution >= 0.6 is 0 Å². The molecule has 2 heterocycles. The predicted molar refractivity (Wildman–Crippen MR) is 171 cm³/mol. The lowest BCUT2D eigenvalue weighted by Crippen LogP contribution is -2.49. The van der Waals surface area contributed by atoms with Crippen LogP contribution in [-0.4, -0.2) is 69.7 Å². The van der Waals surface area contributed by atoms with Gasteiger partial charge in [-0.25, -0.2) is 0 Å². The van der Waals surface area contributed by atoms with E-state index in [2.05, 4.69) is 20.6 Å². The molecule has 238 valence electrons. The number of nitrogens with zero attached hydrogens (tertiary/aromatic N) is 4. The van der Waals surface area contributed by atoms with Gasteiger partial charge < -0.3 is 25.5 Å². The molecule has 2 fully saturated rings. The first-order chi connectivity index (χ1) is 21.3. The second kappa shape index (κ2) is 12.7. The number of rotatable bonds is 9. The molecule has 3 aromatic rings. The van der Waals surface area contributed by atoms with E-state index in [1.54, 1.807) is 36.0 Å². The number of benzene rings is 2. The van der Waals surface area contributed by atoms with E-state index in [0.29, 0.717) is 43.1 Å². The van der Waals surface area contributed by atoms with Gasteiger partial charge in [0.2, 0.25) is 5.91 Å². The Labute approximate surface area is 263 Å². The molecule has 3 amide bonds. The molecule has 1 saturated heterocycles. The molecule has 0 bridgehead atoms. The van der Waals surface area contributed by atoms with Crippen LogP contribution in [-0.2, 0) is 22.1 Å². The molecule has 3 N–H and O–H groups in total. The summed E-state index contributed by atoms with van der Waals surface area (Å²) in [6, 6.07) is 13.5. The number of piperazine rings is 1. The first-order valence-corrected chi connectivity index (χ1v) is 15.4. The lowest BCUT2D eigenvalue weighted by atomic mass is 9.92. The van der Waals surface area contributed by atoms with Crippen LogP contribution in [0.5, 0.6) is 0 Å². The van der Waals surface area contributed by atoms with Crippen molar-refractivity contribution in [3.05, 3.63) is 76.6 Å². The van der Waals surface area contributed by atoms with E-state index in [9.17, 15) is 24.3 Å². The van der Waals surface area contributed by atoms with Crippen molar-refractivity contribution in [1.82, 2.24) is 20.0 Å². The smallest absolute Gasteiger partial charge is 0.305 e. The van der Waals surface area contributed by atoms with Crippen LogP contribution in [0.4, 0.5) is 11.4 Å². The van der Waals surface area contributed by atoms with E-state index in [0.717, 1.165) is 29.8 Å². The number of hydrogen-bond acceptors (Lipinski definition) is 6. The van der Waals surface area contributed by atoms with Crippen molar-refractivity contribution in [2.24, 2.45) is 13.0 Å². The Morgan fingerprint density at radius 1 is 0.956 bits per heavy atom. The van der Waals surface area contributed by atoms with Crippen molar-refractivity contribution >= 4 is 35.1 Å². The molecule has 45 heavy (non-hydrogen) atoms. The number of carbonyl (C=O) groups excluding carboxylic acids is 3. The number of anilines is 2. The Bertz CT molecular complexity index is 1590. The summed E-state index contributed by atoms with van der Waals surface area (Å²) in [6.07, 6.45) is 1.64. The minimum Gasteiger partial charge on any atom is -0.481 e. The summed E-state index contributed by atoms with van der Waals surface area (Å²) in [5.74, 6) is -1.49. The average Bonchev–Trinajstić information content (AvgIpc) is 3.76. The van der Waals surface area contributed by atoms with E-state index in [-0.39, 0.29) is 35.1 Å². The number of carbonyl (C=O) groups is 4. The molecule has 11 nitrogen and oxygen atoms in total. The van der Waals surface area contributed by atoms with E-state index in [1.807, 2.05) is 56.9 Å². The van der Waals surface area contributed by atoms with Crippen LogP contribution in [0.1, 0.15) is 83.7 Å². The standard InChI is InChI=1S/C34H42N6O5/c1-21-6-8-22(9-7-21)25(19-30(41)42)35-31(43)24-12-13-27(39-14-16-40(17-15-39)33(45)23-10-11-23)26(18-24)36-32(44)28-20-29(34(2,3)4)37-38(28)5/h6-9,12-13,18,20,23,25H,10-11,14-17,19H2,1-5H3,(H,35,43)(H,36,44)(H,41,42). The fourth-order valence-electron chi connectivity index (χ4n) is 5.51. The molecule has 0 radical (unpaired) electrons. The highest BCUT2D eigenvalue weighted by atomic mass is 16.4. The third kappa shape index (κ3) is 7.53. The Balaban J connectivity index is 1.42. The molecule has 1 aliphatic carbocycles. The Hall–Kier alpha value is -4.67. The molecule has 2 aliphatic rings. The van der Waals surface area contributed by atoms with Gasteiger partial charge >= 0.3 is 5.97 Å².